The van der Waals surface area contributed by atoms with E-state index in [0.29, 0.717) is 0 Å². The lowest BCUT2D eigenvalue weighted by Crippen LogP contribution is -1.73. The van der Waals surface area contributed by atoms with E-state index in [-0.39, 0.29) is 0 Å². The van der Waals surface area contributed by atoms with Crippen LogP contribution >= 0.6 is 112 Å². The highest BCUT2D eigenvalue weighted by molar-refractivity contribution is 9.15. The first-order chi connectivity index (χ1) is 8.84. The first-order valence-corrected chi connectivity index (χ1v) is 10.3. The molecule has 0 nitrogen and oxygen atoms in total. The lowest BCUT2D eigenvalue weighted by Gasteiger charge is -2.00. The van der Waals surface area contributed by atoms with Crippen LogP contribution in [0, 0.1) is 0 Å². The van der Waals surface area contributed by atoms with Gasteiger partial charge in [0.15, 0.2) is 0 Å². The van der Waals surface area contributed by atoms with Gasteiger partial charge in [-0.15, -0.1) is 0 Å². The van der Waals surface area contributed by atoms with Crippen molar-refractivity contribution in [2.24, 2.45) is 0 Å². The standard InChI is InChI=1S/C6H2Br4.C6H3Br3/c7-3-1-2-4(8)6(10)5(3)9;7-4-2-1-3-5(8)6(4)9/h1-2H;1-3H. The van der Waals surface area contributed by atoms with Crippen molar-refractivity contribution in [3.05, 3.63) is 61.6 Å². The van der Waals surface area contributed by atoms with Gasteiger partial charge in [-0.05, 0) is 136 Å². The smallest absolute Gasteiger partial charge is 0.0471 e. The predicted octanol–water partition coefficient (Wildman–Crippen LogP) is 8.71. The van der Waals surface area contributed by atoms with Gasteiger partial charge < -0.3 is 0 Å². The molecule has 7 heteroatoms. The van der Waals surface area contributed by atoms with Crippen LogP contribution in [0.15, 0.2) is 61.6 Å². The van der Waals surface area contributed by atoms with Crippen LogP contribution in [-0.4, -0.2) is 0 Å². The summed E-state index contributed by atoms with van der Waals surface area (Å²) in [5.74, 6) is 0. The van der Waals surface area contributed by atoms with Crippen LogP contribution in [0.3, 0.4) is 0 Å². The fraction of sp³-hybridized carbons (Fsp3) is 0. The van der Waals surface area contributed by atoms with Crippen LogP contribution in [0.5, 0.6) is 0 Å². The molecule has 0 aliphatic carbocycles. The molecule has 0 unspecified atom stereocenters. The quantitative estimate of drug-likeness (QED) is 0.190. The topological polar surface area (TPSA) is 0 Å². The molecule has 0 saturated carbocycles. The highest BCUT2D eigenvalue weighted by Gasteiger charge is 2.03. The first kappa shape index (κ1) is 18.8. The molecule has 0 spiro atoms. The van der Waals surface area contributed by atoms with Crippen molar-refractivity contribution in [1.29, 1.82) is 0 Å². The van der Waals surface area contributed by atoms with Gasteiger partial charge in [0.2, 0.25) is 0 Å². The third-order valence-corrected chi connectivity index (χ3v) is 9.70. The van der Waals surface area contributed by atoms with E-state index in [4.69, 9.17) is 0 Å². The molecule has 2 aromatic rings. The minimum Gasteiger partial charge on any atom is -0.0599 e. The molecule has 0 aromatic heterocycles. The number of rotatable bonds is 0. The normalized spacial score (nSPS) is 9.84. The second kappa shape index (κ2) is 9.06. The summed E-state index contributed by atoms with van der Waals surface area (Å²) in [4.78, 5) is 0. The zero-order chi connectivity index (χ0) is 14.6. The molecule has 0 amide bonds. The maximum Gasteiger partial charge on any atom is 0.0471 e. The molecule has 2 rings (SSSR count). The Hall–Kier alpha value is 1.80. The third-order valence-electron chi connectivity index (χ3n) is 1.89. The lowest BCUT2D eigenvalue weighted by atomic mass is 10.4. The largest absolute Gasteiger partial charge is 0.0599 e. The van der Waals surface area contributed by atoms with Gasteiger partial charge in [-0.25, -0.2) is 0 Å². The maximum absolute atomic E-state index is 3.41. The predicted molar refractivity (Wildman–Crippen MR) is 107 cm³/mol. The average molecular weight is 708 g/mol. The van der Waals surface area contributed by atoms with E-state index >= 15 is 0 Å². The summed E-state index contributed by atoms with van der Waals surface area (Å²) in [6.07, 6.45) is 0. The van der Waals surface area contributed by atoms with E-state index in [1.165, 1.54) is 0 Å². The molecule has 0 atom stereocenters. The molecule has 0 saturated heterocycles. The number of hydrogen-bond acceptors (Lipinski definition) is 0. The van der Waals surface area contributed by atoms with Crippen molar-refractivity contribution in [2.75, 3.05) is 0 Å². The van der Waals surface area contributed by atoms with E-state index in [2.05, 4.69) is 112 Å². The van der Waals surface area contributed by atoms with Crippen LogP contribution in [0.4, 0.5) is 0 Å². The lowest BCUT2D eigenvalue weighted by molar-refractivity contribution is 1.50. The summed E-state index contributed by atoms with van der Waals surface area (Å²) in [7, 11) is 0. The summed E-state index contributed by atoms with van der Waals surface area (Å²) in [6, 6.07) is 9.88. The summed E-state index contributed by atoms with van der Waals surface area (Å²) in [5.41, 5.74) is 0. The Labute approximate surface area is 171 Å². The number of hydrogen-bond donors (Lipinski definition) is 0. The minimum atomic E-state index is 1.03. The van der Waals surface area contributed by atoms with Crippen LogP contribution in [-0.2, 0) is 0 Å². The van der Waals surface area contributed by atoms with Crippen LogP contribution in [0.2, 0.25) is 0 Å². The number of benzene rings is 2. The van der Waals surface area contributed by atoms with Gasteiger partial charge in [0.25, 0.3) is 0 Å². The summed E-state index contributed by atoms with van der Waals surface area (Å²) < 4.78 is 7.34. The van der Waals surface area contributed by atoms with Gasteiger partial charge in [0.05, 0.1) is 0 Å². The van der Waals surface area contributed by atoms with Gasteiger partial charge in [-0.2, -0.15) is 0 Å². The first-order valence-electron chi connectivity index (χ1n) is 4.73. The van der Waals surface area contributed by atoms with E-state index in [9.17, 15) is 0 Å². The van der Waals surface area contributed by atoms with Crippen molar-refractivity contribution in [3.8, 4) is 0 Å². The summed E-state index contributed by atoms with van der Waals surface area (Å²) >= 11 is 23.7. The molecular formula is C12H5Br7. The van der Waals surface area contributed by atoms with Crippen LogP contribution < -0.4 is 0 Å². The summed E-state index contributed by atoms with van der Waals surface area (Å²) in [6.45, 7) is 0. The molecule has 0 aliphatic heterocycles. The van der Waals surface area contributed by atoms with Crippen molar-refractivity contribution in [2.45, 2.75) is 0 Å². The third kappa shape index (κ3) is 5.83. The molecule has 2 aromatic carbocycles. The molecular weight excluding hydrogens is 703 g/mol. The fourth-order valence-corrected chi connectivity index (χ4v) is 4.13. The minimum absolute atomic E-state index is 1.03. The van der Waals surface area contributed by atoms with Crippen molar-refractivity contribution in [1.82, 2.24) is 0 Å². The zero-order valence-corrected chi connectivity index (χ0v) is 20.1. The summed E-state index contributed by atoms with van der Waals surface area (Å²) in [5, 5.41) is 0. The second-order valence-electron chi connectivity index (χ2n) is 3.19. The van der Waals surface area contributed by atoms with Gasteiger partial charge in [0, 0.05) is 31.3 Å². The van der Waals surface area contributed by atoms with Gasteiger partial charge in [-0.3, -0.25) is 0 Å². The fourth-order valence-electron chi connectivity index (χ4n) is 0.980. The monoisotopic (exact) mass is 701 g/mol. The molecule has 0 bridgehead atoms. The Morgan fingerprint density at radius 3 is 1.05 bits per heavy atom. The van der Waals surface area contributed by atoms with Crippen molar-refractivity contribution < 1.29 is 0 Å². The Morgan fingerprint density at radius 2 is 0.737 bits per heavy atom. The molecule has 19 heavy (non-hydrogen) atoms. The molecule has 102 valence electrons. The SMILES string of the molecule is Brc1ccc(Br)c(Br)c1Br.Brc1cccc(Br)c1Br. The van der Waals surface area contributed by atoms with Crippen LogP contribution in [0.25, 0.3) is 0 Å². The van der Waals surface area contributed by atoms with Crippen molar-refractivity contribution >= 4 is 112 Å². The van der Waals surface area contributed by atoms with Gasteiger partial charge in [0.1, 0.15) is 0 Å². The Balaban J connectivity index is 0.000000191. The van der Waals surface area contributed by atoms with Crippen molar-refractivity contribution in [3.63, 3.8) is 0 Å². The van der Waals surface area contributed by atoms with E-state index in [0.717, 1.165) is 31.3 Å². The maximum atomic E-state index is 3.41. The van der Waals surface area contributed by atoms with Crippen LogP contribution in [0.1, 0.15) is 0 Å². The molecule has 0 radical (unpaired) electrons. The average Bonchev–Trinajstić information content (AvgIpc) is 2.39. The van der Waals surface area contributed by atoms with E-state index < -0.39 is 0 Å². The zero-order valence-electron chi connectivity index (χ0n) is 9.03. The highest BCUT2D eigenvalue weighted by Crippen LogP contribution is 2.36. The molecule has 0 heterocycles. The highest BCUT2D eigenvalue weighted by atomic mass is 79.9. The Kier molecular flexibility index (Phi) is 8.98. The molecule has 0 aliphatic rings. The molecule has 0 fully saturated rings. The van der Waals surface area contributed by atoms with Gasteiger partial charge >= 0.3 is 0 Å². The second-order valence-corrected chi connectivity index (χ2v) is 8.99. The number of halogens is 7. The Bertz CT molecular complexity index is 533. The molecule has 0 N–H and O–H groups in total. The van der Waals surface area contributed by atoms with E-state index in [1.807, 2.05) is 30.3 Å². The Morgan fingerprint density at radius 1 is 0.421 bits per heavy atom. The van der Waals surface area contributed by atoms with E-state index in [1.54, 1.807) is 0 Å². The van der Waals surface area contributed by atoms with Gasteiger partial charge in [-0.1, -0.05) is 6.07 Å².